The number of rotatable bonds is 6. The SMILES string of the molecule is CCOc1ccc(C=C(C#N)C(=O)Nc2ccc(Cl)cc2Cl)cc1OC. The Morgan fingerprint density at radius 2 is 2.00 bits per heavy atom. The molecule has 0 unspecified atom stereocenters. The molecule has 0 aliphatic heterocycles. The summed E-state index contributed by atoms with van der Waals surface area (Å²) in [7, 11) is 1.52. The maximum atomic E-state index is 12.4. The van der Waals surface area contributed by atoms with Crippen LogP contribution in [0.1, 0.15) is 12.5 Å². The van der Waals surface area contributed by atoms with Gasteiger partial charge < -0.3 is 14.8 Å². The number of halogens is 2. The first-order valence-electron chi connectivity index (χ1n) is 7.67. The van der Waals surface area contributed by atoms with Gasteiger partial charge in [-0.15, -0.1) is 0 Å². The Hall–Kier alpha value is -2.68. The summed E-state index contributed by atoms with van der Waals surface area (Å²) in [6.45, 7) is 2.37. The van der Waals surface area contributed by atoms with Crippen molar-refractivity contribution >= 4 is 40.9 Å². The van der Waals surface area contributed by atoms with Crippen molar-refractivity contribution in [3.8, 4) is 17.6 Å². The Morgan fingerprint density at radius 1 is 1.23 bits per heavy atom. The molecule has 0 aliphatic carbocycles. The van der Waals surface area contributed by atoms with Crippen LogP contribution in [-0.2, 0) is 4.79 Å². The maximum absolute atomic E-state index is 12.4. The van der Waals surface area contributed by atoms with Crippen LogP contribution in [0, 0.1) is 11.3 Å². The van der Waals surface area contributed by atoms with Crippen LogP contribution in [-0.4, -0.2) is 19.6 Å². The monoisotopic (exact) mass is 390 g/mol. The zero-order chi connectivity index (χ0) is 19.1. The molecule has 0 spiro atoms. The first-order valence-corrected chi connectivity index (χ1v) is 8.43. The molecule has 7 heteroatoms. The fourth-order valence-corrected chi connectivity index (χ4v) is 2.60. The molecule has 1 N–H and O–H groups in total. The third kappa shape index (κ3) is 4.92. The molecule has 2 aromatic rings. The topological polar surface area (TPSA) is 71.3 Å². The van der Waals surface area contributed by atoms with E-state index in [1.54, 1.807) is 30.3 Å². The van der Waals surface area contributed by atoms with Crippen LogP contribution in [0.5, 0.6) is 11.5 Å². The molecule has 26 heavy (non-hydrogen) atoms. The van der Waals surface area contributed by atoms with Gasteiger partial charge in [-0.25, -0.2) is 0 Å². The van der Waals surface area contributed by atoms with E-state index in [9.17, 15) is 10.1 Å². The zero-order valence-electron chi connectivity index (χ0n) is 14.2. The van der Waals surface area contributed by atoms with Crippen molar-refractivity contribution in [1.29, 1.82) is 5.26 Å². The minimum atomic E-state index is -0.579. The second-order valence-electron chi connectivity index (χ2n) is 5.09. The Kier molecular flexibility index (Phi) is 6.90. The van der Waals surface area contributed by atoms with E-state index in [1.165, 1.54) is 19.3 Å². The predicted octanol–water partition coefficient (Wildman–Crippen LogP) is 4.95. The number of benzene rings is 2. The molecule has 0 bridgehead atoms. The van der Waals surface area contributed by atoms with E-state index in [-0.39, 0.29) is 10.6 Å². The van der Waals surface area contributed by atoms with E-state index in [0.717, 1.165) is 0 Å². The number of methoxy groups -OCH3 is 1. The molecule has 134 valence electrons. The van der Waals surface area contributed by atoms with Gasteiger partial charge in [0, 0.05) is 5.02 Å². The lowest BCUT2D eigenvalue weighted by Crippen LogP contribution is -2.13. The Balaban J connectivity index is 2.26. The van der Waals surface area contributed by atoms with Gasteiger partial charge in [-0.2, -0.15) is 5.26 Å². The number of carbonyl (C=O) groups excluding carboxylic acids is 1. The predicted molar refractivity (Wildman–Crippen MR) is 103 cm³/mol. The van der Waals surface area contributed by atoms with E-state index in [0.29, 0.717) is 34.4 Å². The van der Waals surface area contributed by atoms with Crippen LogP contribution in [0.3, 0.4) is 0 Å². The summed E-state index contributed by atoms with van der Waals surface area (Å²) in [5, 5.41) is 12.7. The highest BCUT2D eigenvalue weighted by Crippen LogP contribution is 2.29. The third-order valence-corrected chi connectivity index (χ3v) is 3.89. The van der Waals surface area contributed by atoms with Crippen LogP contribution in [0.15, 0.2) is 42.0 Å². The van der Waals surface area contributed by atoms with Crippen LogP contribution in [0.2, 0.25) is 10.0 Å². The highest BCUT2D eigenvalue weighted by atomic mass is 35.5. The number of anilines is 1. The second kappa shape index (κ2) is 9.14. The minimum absolute atomic E-state index is 0.0813. The lowest BCUT2D eigenvalue weighted by Gasteiger charge is -2.10. The van der Waals surface area contributed by atoms with Crippen molar-refractivity contribution in [1.82, 2.24) is 0 Å². The summed E-state index contributed by atoms with van der Waals surface area (Å²) in [5.41, 5.74) is 0.910. The quantitative estimate of drug-likeness (QED) is 0.559. The molecule has 0 saturated heterocycles. The van der Waals surface area contributed by atoms with Crippen molar-refractivity contribution in [3.63, 3.8) is 0 Å². The first kappa shape index (κ1) is 19.6. The molecular weight excluding hydrogens is 375 g/mol. The van der Waals surface area contributed by atoms with Gasteiger partial charge in [-0.3, -0.25) is 4.79 Å². The highest BCUT2D eigenvalue weighted by Gasteiger charge is 2.13. The third-order valence-electron chi connectivity index (χ3n) is 3.34. The summed E-state index contributed by atoms with van der Waals surface area (Å²) in [5.74, 6) is 0.520. The second-order valence-corrected chi connectivity index (χ2v) is 5.94. The number of nitriles is 1. The summed E-state index contributed by atoms with van der Waals surface area (Å²) >= 11 is 11.9. The molecule has 0 aliphatic rings. The Bertz CT molecular complexity index is 889. The van der Waals surface area contributed by atoms with E-state index in [2.05, 4.69) is 5.32 Å². The van der Waals surface area contributed by atoms with Crippen molar-refractivity contribution in [2.75, 3.05) is 19.0 Å². The molecular formula is C19H16Cl2N2O3. The fraction of sp³-hybridized carbons (Fsp3) is 0.158. The van der Waals surface area contributed by atoms with Gasteiger partial charge in [0.05, 0.1) is 24.4 Å². The van der Waals surface area contributed by atoms with Gasteiger partial charge in [-0.1, -0.05) is 29.3 Å². The number of amides is 1. The molecule has 0 aromatic heterocycles. The molecule has 1 amide bonds. The molecule has 2 aromatic carbocycles. The Labute approximate surface area is 161 Å². The van der Waals surface area contributed by atoms with Gasteiger partial charge in [-0.05, 0) is 48.9 Å². The van der Waals surface area contributed by atoms with Gasteiger partial charge in [0.25, 0.3) is 5.91 Å². The summed E-state index contributed by atoms with van der Waals surface area (Å²) in [4.78, 5) is 12.4. The standard InChI is InChI=1S/C19H16Cl2N2O3/c1-3-26-17-7-4-12(9-18(17)25-2)8-13(11-22)19(24)23-16-6-5-14(20)10-15(16)21/h4-10H,3H2,1-2H3,(H,23,24). The lowest BCUT2D eigenvalue weighted by molar-refractivity contribution is -0.112. The molecule has 0 fully saturated rings. The normalized spacial score (nSPS) is 10.8. The van der Waals surface area contributed by atoms with Crippen LogP contribution < -0.4 is 14.8 Å². The van der Waals surface area contributed by atoms with Gasteiger partial charge in [0.2, 0.25) is 0 Å². The van der Waals surface area contributed by atoms with E-state index in [4.69, 9.17) is 32.7 Å². The van der Waals surface area contributed by atoms with E-state index < -0.39 is 5.91 Å². The number of ether oxygens (including phenoxy) is 2. The van der Waals surface area contributed by atoms with Crippen LogP contribution >= 0.6 is 23.2 Å². The minimum Gasteiger partial charge on any atom is -0.493 e. The summed E-state index contributed by atoms with van der Waals surface area (Å²) in [6.07, 6.45) is 1.46. The van der Waals surface area contributed by atoms with Gasteiger partial charge >= 0.3 is 0 Å². The largest absolute Gasteiger partial charge is 0.493 e. The number of hydrogen-bond donors (Lipinski definition) is 1. The lowest BCUT2D eigenvalue weighted by atomic mass is 10.1. The van der Waals surface area contributed by atoms with E-state index >= 15 is 0 Å². The molecule has 5 nitrogen and oxygen atoms in total. The van der Waals surface area contributed by atoms with Crippen molar-refractivity contribution in [2.24, 2.45) is 0 Å². The molecule has 2 rings (SSSR count). The summed E-state index contributed by atoms with van der Waals surface area (Å²) < 4.78 is 10.7. The van der Waals surface area contributed by atoms with Crippen molar-refractivity contribution in [2.45, 2.75) is 6.92 Å². The number of nitrogens with zero attached hydrogens (tertiary/aromatic N) is 1. The zero-order valence-corrected chi connectivity index (χ0v) is 15.7. The van der Waals surface area contributed by atoms with E-state index in [1.807, 2.05) is 13.0 Å². The van der Waals surface area contributed by atoms with Crippen molar-refractivity contribution in [3.05, 3.63) is 57.6 Å². The maximum Gasteiger partial charge on any atom is 0.266 e. The number of nitrogens with one attached hydrogen (secondary N) is 1. The molecule has 0 atom stereocenters. The average Bonchev–Trinajstić information content (AvgIpc) is 2.63. The number of carbonyl (C=O) groups is 1. The smallest absolute Gasteiger partial charge is 0.266 e. The van der Waals surface area contributed by atoms with Crippen molar-refractivity contribution < 1.29 is 14.3 Å². The molecule has 0 radical (unpaired) electrons. The average molecular weight is 391 g/mol. The molecule has 0 saturated carbocycles. The van der Waals surface area contributed by atoms with Gasteiger partial charge in [0.15, 0.2) is 11.5 Å². The molecule has 0 heterocycles. The fourth-order valence-electron chi connectivity index (χ4n) is 2.14. The van der Waals surface area contributed by atoms with Gasteiger partial charge in [0.1, 0.15) is 11.6 Å². The highest BCUT2D eigenvalue weighted by molar-refractivity contribution is 6.36. The first-order chi connectivity index (χ1) is 12.5. The Morgan fingerprint density at radius 3 is 2.62 bits per heavy atom. The van der Waals surface area contributed by atoms with Crippen LogP contribution in [0.25, 0.3) is 6.08 Å². The number of hydrogen-bond acceptors (Lipinski definition) is 4. The summed E-state index contributed by atoms with van der Waals surface area (Å²) in [6, 6.07) is 11.7. The van der Waals surface area contributed by atoms with Crippen LogP contribution in [0.4, 0.5) is 5.69 Å².